The third kappa shape index (κ3) is 4.80. The number of tetrazole rings is 1. The number of carbonyl (C=O) groups excluding carboxylic acids is 2. The number of aryl methyl sites for hydroxylation is 1. The van der Waals surface area contributed by atoms with E-state index in [0.29, 0.717) is 50.4 Å². The number of hydrogen-bond donors (Lipinski definition) is 3. The lowest BCUT2D eigenvalue weighted by atomic mass is 10.00. The maximum Gasteiger partial charge on any atom is 0.272 e. The zero-order valence-corrected chi connectivity index (χ0v) is 16.6. The quantitative estimate of drug-likeness (QED) is 0.569. The van der Waals surface area contributed by atoms with Crippen LogP contribution in [0.1, 0.15) is 72.5 Å². The van der Waals surface area contributed by atoms with E-state index in [-0.39, 0.29) is 11.8 Å². The summed E-state index contributed by atoms with van der Waals surface area (Å²) < 4.78 is 0. The van der Waals surface area contributed by atoms with E-state index in [1.165, 1.54) is 25.7 Å². The molecule has 1 aliphatic heterocycles. The van der Waals surface area contributed by atoms with Crippen molar-refractivity contribution in [2.45, 2.75) is 64.3 Å². The Balaban J connectivity index is 1.25. The van der Waals surface area contributed by atoms with Gasteiger partial charge < -0.3 is 10.2 Å². The minimum absolute atomic E-state index is 0.184. The standard InChI is InChI=1S/C19H28N8O2/c28-17(8-7-13-4-1-2-5-13)27-11-9-14-15(12-27)21-24-18(14)19(29)20-10-3-6-16-22-25-26-23-16/h13H,1-12H2,(H,20,29)(H,21,24)(H,22,23,25,26). The fourth-order valence-corrected chi connectivity index (χ4v) is 4.32. The van der Waals surface area contributed by atoms with Crippen LogP contribution in [0.15, 0.2) is 0 Å². The third-order valence-corrected chi connectivity index (χ3v) is 5.99. The van der Waals surface area contributed by atoms with Gasteiger partial charge in [-0.25, -0.2) is 0 Å². The molecule has 4 rings (SSSR count). The largest absolute Gasteiger partial charge is 0.351 e. The van der Waals surface area contributed by atoms with Crippen molar-refractivity contribution in [1.29, 1.82) is 0 Å². The van der Waals surface area contributed by atoms with E-state index in [9.17, 15) is 9.59 Å². The topological polar surface area (TPSA) is 133 Å². The van der Waals surface area contributed by atoms with Crippen molar-refractivity contribution < 1.29 is 9.59 Å². The lowest BCUT2D eigenvalue weighted by Gasteiger charge is -2.27. The summed E-state index contributed by atoms with van der Waals surface area (Å²) in [5.74, 6) is 1.39. The molecule has 2 aliphatic rings. The maximum atomic E-state index is 12.6. The van der Waals surface area contributed by atoms with E-state index in [2.05, 4.69) is 36.1 Å². The highest BCUT2D eigenvalue weighted by molar-refractivity contribution is 5.94. The van der Waals surface area contributed by atoms with Gasteiger partial charge in [0.1, 0.15) is 0 Å². The van der Waals surface area contributed by atoms with Crippen molar-refractivity contribution in [2.75, 3.05) is 13.1 Å². The van der Waals surface area contributed by atoms with Gasteiger partial charge in [0.2, 0.25) is 5.91 Å². The highest BCUT2D eigenvalue weighted by atomic mass is 16.2. The van der Waals surface area contributed by atoms with Crippen LogP contribution >= 0.6 is 0 Å². The number of aromatic amines is 2. The number of carbonyl (C=O) groups is 2. The molecular formula is C19H28N8O2. The van der Waals surface area contributed by atoms with Gasteiger partial charge in [-0.3, -0.25) is 14.7 Å². The predicted octanol–water partition coefficient (Wildman–Crippen LogP) is 1.14. The van der Waals surface area contributed by atoms with Crippen molar-refractivity contribution in [3.8, 4) is 0 Å². The number of nitrogens with zero attached hydrogens (tertiary/aromatic N) is 5. The van der Waals surface area contributed by atoms with Gasteiger partial charge in [-0.05, 0) is 25.2 Å². The molecular weight excluding hydrogens is 372 g/mol. The van der Waals surface area contributed by atoms with E-state index in [4.69, 9.17) is 0 Å². The smallest absolute Gasteiger partial charge is 0.272 e. The van der Waals surface area contributed by atoms with Gasteiger partial charge in [-0.1, -0.05) is 30.9 Å². The Morgan fingerprint density at radius 1 is 1.21 bits per heavy atom. The Bertz CT molecular complexity index is 825. The Hall–Kier alpha value is -2.78. The first kappa shape index (κ1) is 19.5. The Kier molecular flexibility index (Phi) is 6.16. The number of amides is 2. The van der Waals surface area contributed by atoms with Gasteiger partial charge in [-0.15, -0.1) is 10.2 Å². The molecule has 1 saturated carbocycles. The van der Waals surface area contributed by atoms with Crippen LogP contribution in [0, 0.1) is 5.92 Å². The molecule has 0 atom stereocenters. The molecule has 0 bridgehead atoms. The zero-order valence-electron chi connectivity index (χ0n) is 16.6. The van der Waals surface area contributed by atoms with Crippen molar-refractivity contribution in [3.05, 3.63) is 22.8 Å². The first-order valence-electron chi connectivity index (χ1n) is 10.5. The molecule has 2 aromatic heterocycles. The summed E-state index contributed by atoms with van der Waals surface area (Å²) >= 11 is 0. The van der Waals surface area contributed by atoms with E-state index in [1.54, 1.807) is 0 Å². The number of fused-ring (bicyclic) bond motifs is 1. The SMILES string of the molecule is O=C(NCCCc1nn[nH]n1)c1n[nH]c2c1CCN(C(=O)CCC1CCCC1)C2. The highest BCUT2D eigenvalue weighted by Crippen LogP contribution is 2.29. The lowest BCUT2D eigenvalue weighted by Crippen LogP contribution is -2.36. The molecule has 0 saturated heterocycles. The summed E-state index contributed by atoms with van der Waals surface area (Å²) in [4.78, 5) is 26.9. The van der Waals surface area contributed by atoms with Crippen LogP contribution in [-0.2, 0) is 24.2 Å². The molecule has 10 nitrogen and oxygen atoms in total. The second-order valence-corrected chi connectivity index (χ2v) is 7.97. The van der Waals surface area contributed by atoms with Gasteiger partial charge in [-0.2, -0.15) is 10.3 Å². The van der Waals surface area contributed by atoms with E-state index in [1.807, 2.05) is 4.90 Å². The molecule has 1 aliphatic carbocycles. The first-order chi connectivity index (χ1) is 14.2. The zero-order chi connectivity index (χ0) is 20.1. The lowest BCUT2D eigenvalue weighted by molar-refractivity contribution is -0.132. The van der Waals surface area contributed by atoms with Crippen LogP contribution in [0.3, 0.4) is 0 Å². The van der Waals surface area contributed by atoms with Crippen molar-refractivity contribution >= 4 is 11.8 Å². The predicted molar refractivity (Wildman–Crippen MR) is 104 cm³/mol. The summed E-state index contributed by atoms with van der Waals surface area (Å²) in [5, 5.41) is 23.8. The summed E-state index contributed by atoms with van der Waals surface area (Å²) in [6.07, 6.45) is 8.81. The van der Waals surface area contributed by atoms with Gasteiger partial charge in [0.25, 0.3) is 5.91 Å². The van der Waals surface area contributed by atoms with E-state index in [0.717, 1.165) is 30.0 Å². The number of nitrogens with one attached hydrogen (secondary N) is 3. The van der Waals surface area contributed by atoms with Crippen LogP contribution in [-0.4, -0.2) is 60.6 Å². The van der Waals surface area contributed by atoms with Crippen LogP contribution in [0.5, 0.6) is 0 Å². The first-order valence-corrected chi connectivity index (χ1v) is 10.5. The van der Waals surface area contributed by atoms with Crippen molar-refractivity contribution in [1.82, 2.24) is 41.0 Å². The molecule has 10 heteroatoms. The molecule has 0 unspecified atom stereocenters. The molecule has 3 N–H and O–H groups in total. The average Bonchev–Trinajstić information content (AvgIpc) is 3.50. The second-order valence-electron chi connectivity index (χ2n) is 7.97. The van der Waals surface area contributed by atoms with E-state index < -0.39 is 0 Å². The van der Waals surface area contributed by atoms with Crippen LogP contribution < -0.4 is 5.32 Å². The Labute approximate surface area is 169 Å². The number of hydrogen-bond acceptors (Lipinski definition) is 6. The molecule has 1 fully saturated rings. The molecule has 0 aromatic carbocycles. The molecule has 2 aromatic rings. The maximum absolute atomic E-state index is 12.6. The Morgan fingerprint density at radius 2 is 2.07 bits per heavy atom. The number of rotatable bonds is 8. The monoisotopic (exact) mass is 400 g/mol. The number of aromatic nitrogens is 6. The summed E-state index contributed by atoms with van der Waals surface area (Å²) in [7, 11) is 0. The minimum atomic E-state index is -0.184. The Morgan fingerprint density at radius 3 is 2.86 bits per heavy atom. The third-order valence-electron chi connectivity index (χ3n) is 5.99. The fourth-order valence-electron chi connectivity index (χ4n) is 4.32. The van der Waals surface area contributed by atoms with Gasteiger partial charge in [0.05, 0.1) is 12.2 Å². The molecule has 0 radical (unpaired) electrons. The van der Waals surface area contributed by atoms with Gasteiger partial charge in [0, 0.05) is 31.5 Å². The molecule has 0 spiro atoms. The molecule has 2 amide bonds. The normalized spacial score (nSPS) is 16.8. The second kappa shape index (κ2) is 9.15. The molecule has 156 valence electrons. The highest BCUT2D eigenvalue weighted by Gasteiger charge is 2.27. The molecule has 29 heavy (non-hydrogen) atoms. The summed E-state index contributed by atoms with van der Waals surface area (Å²) in [6, 6.07) is 0. The summed E-state index contributed by atoms with van der Waals surface area (Å²) in [5.41, 5.74) is 2.25. The minimum Gasteiger partial charge on any atom is -0.351 e. The van der Waals surface area contributed by atoms with Crippen molar-refractivity contribution in [2.24, 2.45) is 5.92 Å². The van der Waals surface area contributed by atoms with Crippen molar-refractivity contribution in [3.63, 3.8) is 0 Å². The van der Waals surface area contributed by atoms with Gasteiger partial charge in [0.15, 0.2) is 11.5 Å². The number of H-pyrrole nitrogens is 2. The van der Waals surface area contributed by atoms with Crippen LogP contribution in [0.2, 0.25) is 0 Å². The fraction of sp³-hybridized carbons (Fsp3) is 0.684. The summed E-state index contributed by atoms with van der Waals surface area (Å²) in [6.45, 7) is 1.67. The van der Waals surface area contributed by atoms with Crippen LogP contribution in [0.4, 0.5) is 0 Å². The van der Waals surface area contributed by atoms with Gasteiger partial charge >= 0.3 is 0 Å². The van der Waals surface area contributed by atoms with Crippen LogP contribution in [0.25, 0.3) is 0 Å². The van der Waals surface area contributed by atoms with E-state index >= 15 is 0 Å². The molecule has 3 heterocycles. The average molecular weight is 400 g/mol.